The predicted molar refractivity (Wildman–Crippen MR) is 58.5 cm³/mol. The molecule has 1 aromatic heterocycles. The first-order chi connectivity index (χ1) is 7.29. The van der Waals surface area contributed by atoms with Gasteiger partial charge in [0.1, 0.15) is 0 Å². The summed E-state index contributed by atoms with van der Waals surface area (Å²) in [6.07, 6.45) is 2.19. The van der Waals surface area contributed by atoms with E-state index in [0.717, 1.165) is 49.2 Å². The van der Waals surface area contributed by atoms with Crippen molar-refractivity contribution in [1.82, 2.24) is 14.3 Å². The number of ether oxygens (including phenoxy) is 1. The highest BCUT2D eigenvalue weighted by Crippen LogP contribution is 2.25. The maximum Gasteiger partial charge on any atom is 0.293 e. The molecule has 0 radical (unpaired) electrons. The Morgan fingerprint density at radius 3 is 2.87 bits per heavy atom. The van der Waals surface area contributed by atoms with E-state index in [9.17, 15) is 4.79 Å². The Morgan fingerprint density at radius 2 is 2.27 bits per heavy atom. The molecular weight excluding hydrogens is 234 g/mol. The number of nitrogens with zero attached hydrogens (tertiary/aromatic N) is 3. The number of aromatic nitrogens is 2. The van der Waals surface area contributed by atoms with Crippen LogP contribution in [0.1, 0.15) is 12.8 Å². The SMILES string of the molecule is COc1nc(SC(=O)N2CCCC2)ns1. The lowest BCUT2D eigenvalue weighted by Gasteiger charge is -2.12. The minimum atomic E-state index is 0.0351. The molecule has 5 nitrogen and oxygen atoms in total. The number of rotatable bonds is 2. The fourth-order valence-electron chi connectivity index (χ4n) is 1.36. The summed E-state index contributed by atoms with van der Waals surface area (Å²) in [4.78, 5) is 17.6. The molecule has 1 amide bonds. The van der Waals surface area contributed by atoms with Crippen molar-refractivity contribution >= 4 is 28.5 Å². The average molecular weight is 245 g/mol. The first-order valence-electron chi connectivity index (χ1n) is 4.64. The van der Waals surface area contributed by atoms with Gasteiger partial charge in [-0.2, -0.15) is 9.36 Å². The maximum absolute atomic E-state index is 11.7. The third-order valence-corrected chi connectivity index (χ3v) is 3.70. The molecule has 0 atom stereocenters. The van der Waals surface area contributed by atoms with Gasteiger partial charge in [-0.25, -0.2) is 0 Å². The van der Waals surface area contributed by atoms with E-state index in [-0.39, 0.29) is 5.24 Å². The number of hydrogen-bond donors (Lipinski definition) is 0. The van der Waals surface area contributed by atoms with Crippen LogP contribution in [0.25, 0.3) is 0 Å². The quantitative estimate of drug-likeness (QED) is 0.744. The molecule has 0 unspecified atom stereocenters. The van der Waals surface area contributed by atoms with E-state index in [4.69, 9.17) is 4.74 Å². The predicted octanol–water partition coefficient (Wildman–Crippen LogP) is 1.85. The molecule has 1 aromatic rings. The summed E-state index contributed by atoms with van der Waals surface area (Å²) in [5, 5.41) is 1.01. The van der Waals surface area contributed by atoms with Crippen molar-refractivity contribution in [3.05, 3.63) is 0 Å². The van der Waals surface area contributed by atoms with E-state index >= 15 is 0 Å². The van der Waals surface area contributed by atoms with Crippen LogP contribution in [-0.4, -0.2) is 39.7 Å². The molecule has 1 aliphatic heterocycles. The molecule has 0 aromatic carbocycles. The number of likely N-dealkylation sites (tertiary alicyclic amines) is 1. The van der Waals surface area contributed by atoms with Gasteiger partial charge in [-0.15, -0.1) is 0 Å². The molecule has 0 bridgehead atoms. The lowest BCUT2D eigenvalue weighted by Crippen LogP contribution is -2.23. The van der Waals surface area contributed by atoms with Crippen molar-refractivity contribution in [1.29, 1.82) is 0 Å². The van der Waals surface area contributed by atoms with Gasteiger partial charge in [0.25, 0.3) is 10.4 Å². The van der Waals surface area contributed by atoms with Gasteiger partial charge in [0.05, 0.1) is 7.11 Å². The Hall–Kier alpha value is -0.820. The second-order valence-corrected chi connectivity index (χ2v) is 4.74. The summed E-state index contributed by atoms with van der Waals surface area (Å²) in [6, 6.07) is 0. The van der Waals surface area contributed by atoms with Crippen molar-refractivity contribution in [3.8, 4) is 5.19 Å². The highest BCUT2D eigenvalue weighted by Gasteiger charge is 2.20. The monoisotopic (exact) mass is 245 g/mol. The molecule has 0 aliphatic carbocycles. The highest BCUT2D eigenvalue weighted by atomic mass is 32.2. The molecule has 15 heavy (non-hydrogen) atoms. The number of amides is 1. The molecule has 82 valence electrons. The molecule has 1 fully saturated rings. The maximum atomic E-state index is 11.7. The number of carbonyl (C=O) groups is 1. The van der Waals surface area contributed by atoms with E-state index in [1.54, 1.807) is 0 Å². The van der Waals surface area contributed by atoms with Crippen LogP contribution in [0.15, 0.2) is 5.16 Å². The number of thioether (sulfide) groups is 1. The van der Waals surface area contributed by atoms with Crippen LogP contribution in [0.2, 0.25) is 0 Å². The Bertz CT molecular complexity index is 349. The zero-order chi connectivity index (χ0) is 10.7. The summed E-state index contributed by atoms with van der Waals surface area (Å²) in [7, 11) is 1.54. The smallest absolute Gasteiger partial charge is 0.293 e. The van der Waals surface area contributed by atoms with Gasteiger partial charge in [-0.1, -0.05) is 0 Å². The average Bonchev–Trinajstić information content (AvgIpc) is 2.87. The molecule has 0 spiro atoms. The molecule has 0 N–H and O–H groups in total. The molecule has 2 heterocycles. The normalized spacial score (nSPS) is 15.7. The molecule has 1 aliphatic rings. The second kappa shape index (κ2) is 4.80. The summed E-state index contributed by atoms with van der Waals surface area (Å²) in [5.74, 6) is 0. The van der Waals surface area contributed by atoms with Gasteiger partial charge < -0.3 is 9.64 Å². The summed E-state index contributed by atoms with van der Waals surface area (Å²) in [5.41, 5.74) is 0. The van der Waals surface area contributed by atoms with Gasteiger partial charge in [0, 0.05) is 36.4 Å². The van der Waals surface area contributed by atoms with Crippen LogP contribution in [0.3, 0.4) is 0 Å². The largest absolute Gasteiger partial charge is 0.472 e. The van der Waals surface area contributed by atoms with Crippen molar-refractivity contribution in [2.24, 2.45) is 0 Å². The van der Waals surface area contributed by atoms with Crippen molar-refractivity contribution < 1.29 is 9.53 Å². The van der Waals surface area contributed by atoms with Gasteiger partial charge in [-0.05, 0) is 12.8 Å². The fourth-order valence-corrected chi connectivity index (χ4v) is 2.68. The number of hydrogen-bond acceptors (Lipinski definition) is 6. The van der Waals surface area contributed by atoms with Gasteiger partial charge >= 0.3 is 0 Å². The van der Waals surface area contributed by atoms with Crippen molar-refractivity contribution in [2.75, 3.05) is 20.2 Å². The van der Waals surface area contributed by atoms with Crippen LogP contribution < -0.4 is 4.74 Å². The summed E-state index contributed by atoms with van der Waals surface area (Å²) < 4.78 is 8.93. The molecule has 2 rings (SSSR count). The Kier molecular flexibility index (Phi) is 3.42. The van der Waals surface area contributed by atoms with Crippen LogP contribution in [-0.2, 0) is 0 Å². The molecule has 1 saturated heterocycles. The second-order valence-electron chi connectivity index (χ2n) is 3.11. The molecular formula is C8H11N3O2S2. The first kappa shape index (κ1) is 10.7. The van der Waals surface area contributed by atoms with E-state index in [0.29, 0.717) is 10.4 Å². The topological polar surface area (TPSA) is 55.3 Å². The van der Waals surface area contributed by atoms with E-state index in [1.165, 1.54) is 7.11 Å². The van der Waals surface area contributed by atoms with Gasteiger partial charge in [0.15, 0.2) is 0 Å². The van der Waals surface area contributed by atoms with E-state index in [1.807, 2.05) is 4.90 Å². The van der Waals surface area contributed by atoms with Gasteiger partial charge in [-0.3, -0.25) is 4.79 Å². The first-order valence-corrected chi connectivity index (χ1v) is 6.23. The lowest BCUT2D eigenvalue weighted by molar-refractivity contribution is 0.233. The zero-order valence-corrected chi connectivity index (χ0v) is 9.94. The van der Waals surface area contributed by atoms with E-state index < -0.39 is 0 Å². The molecule has 0 saturated carbocycles. The third-order valence-electron chi connectivity index (χ3n) is 2.11. The third kappa shape index (κ3) is 2.60. The zero-order valence-electron chi connectivity index (χ0n) is 8.30. The van der Waals surface area contributed by atoms with E-state index in [2.05, 4.69) is 9.36 Å². The summed E-state index contributed by atoms with van der Waals surface area (Å²) in [6.45, 7) is 1.71. The van der Waals surface area contributed by atoms with Crippen LogP contribution in [0.4, 0.5) is 4.79 Å². The highest BCUT2D eigenvalue weighted by molar-refractivity contribution is 8.13. The Balaban J connectivity index is 1.92. The van der Waals surface area contributed by atoms with Crippen LogP contribution in [0.5, 0.6) is 5.19 Å². The van der Waals surface area contributed by atoms with Crippen molar-refractivity contribution in [3.63, 3.8) is 0 Å². The molecule has 7 heteroatoms. The van der Waals surface area contributed by atoms with Crippen LogP contribution >= 0.6 is 23.3 Å². The Labute approximate surface area is 96.0 Å². The fraction of sp³-hybridized carbons (Fsp3) is 0.625. The summed E-state index contributed by atoms with van der Waals surface area (Å²) >= 11 is 2.23. The van der Waals surface area contributed by atoms with Gasteiger partial charge in [0.2, 0.25) is 5.16 Å². The standard InChI is InChI=1S/C8H11N3O2S2/c1-13-7-9-6(10-15-7)14-8(12)11-4-2-3-5-11/h2-5H2,1H3. The van der Waals surface area contributed by atoms with Crippen LogP contribution in [0, 0.1) is 0 Å². The lowest BCUT2D eigenvalue weighted by atomic mass is 10.4. The Morgan fingerprint density at radius 1 is 1.53 bits per heavy atom. The number of carbonyl (C=O) groups excluding carboxylic acids is 1. The number of methoxy groups -OCH3 is 1. The van der Waals surface area contributed by atoms with Crippen molar-refractivity contribution in [2.45, 2.75) is 18.0 Å². The minimum absolute atomic E-state index is 0.0351. The minimum Gasteiger partial charge on any atom is -0.472 e.